The van der Waals surface area contributed by atoms with Crippen molar-refractivity contribution in [3.8, 4) is 0 Å². The summed E-state index contributed by atoms with van der Waals surface area (Å²) in [6.07, 6.45) is 0.528. The van der Waals surface area contributed by atoms with Crippen molar-refractivity contribution in [3.63, 3.8) is 0 Å². The lowest BCUT2D eigenvalue weighted by molar-refractivity contribution is 0.0507. The third-order valence-electron chi connectivity index (χ3n) is 3.20. The summed E-state index contributed by atoms with van der Waals surface area (Å²) in [5.74, 6) is 1.35. The Bertz CT molecular complexity index is 508. The zero-order valence-corrected chi connectivity index (χ0v) is 16.5. The highest BCUT2D eigenvalue weighted by molar-refractivity contribution is 9.10. The van der Waals surface area contributed by atoms with Crippen LogP contribution in [0.5, 0.6) is 0 Å². The Kier molecular flexibility index (Phi) is 7.14. The first-order valence-corrected chi connectivity index (χ1v) is 8.74. The van der Waals surface area contributed by atoms with Crippen LogP contribution >= 0.6 is 15.9 Å². The van der Waals surface area contributed by atoms with E-state index in [1.165, 1.54) is 0 Å². The van der Waals surface area contributed by atoms with Crippen molar-refractivity contribution in [2.24, 2.45) is 5.92 Å². The molecule has 1 aromatic rings. The van der Waals surface area contributed by atoms with Crippen LogP contribution in [0.3, 0.4) is 0 Å². The van der Waals surface area contributed by atoms with Gasteiger partial charge in [0.15, 0.2) is 4.67 Å². The molecule has 0 saturated heterocycles. The van der Waals surface area contributed by atoms with Gasteiger partial charge >= 0.3 is 6.09 Å². The number of rotatable bonds is 7. The van der Waals surface area contributed by atoms with Crippen molar-refractivity contribution in [2.75, 3.05) is 6.54 Å². The number of furan rings is 1. The van der Waals surface area contributed by atoms with Crippen LogP contribution in [0, 0.1) is 5.92 Å². The zero-order chi connectivity index (χ0) is 17.7. The molecule has 0 radical (unpaired) electrons. The van der Waals surface area contributed by atoms with E-state index in [0.717, 1.165) is 12.2 Å². The van der Waals surface area contributed by atoms with Crippen LogP contribution in [0.4, 0.5) is 4.79 Å². The van der Waals surface area contributed by atoms with E-state index in [-0.39, 0.29) is 5.54 Å². The molecule has 1 rings (SSSR count). The number of halogens is 1. The molecule has 0 aliphatic rings. The van der Waals surface area contributed by atoms with Crippen LogP contribution < -0.4 is 10.6 Å². The molecule has 1 aromatic heterocycles. The highest BCUT2D eigenvalue weighted by Gasteiger charge is 2.27. The van der Waals surface area contributed by atoms with E-state index in [1.807, 2.05) is 32.9 Å². The Labute approximate surface area is 147 Å². The van der Waals surface area contributed by atoms with Crippen LogP contribution in [0.15, 0.2) is 21.2 Å². The van der Waals surface area contributed by atoms with E-state index < -0.39 is 11.7 Å². The van der Waals surface area contributed by atoms with Gasteiger partial charge in [0.1, 0.15) is 11.4 Å². The number of alkyl carbamates (subject to hydrolysis) is 1. The Morgan fingerprint density at radius 2 is 1.96 bits per heavy atom. The summed E-state index contributed by atoms with van der Waals surface area (Å²) in [5.41, 5.74) is -0.739. The van der Waals surface area contributed by atoms with Gasteiger partial charge in [-0.15, -0.1) is 0 Å². The molecule has 1 atom stereocenters. The van der Waals surface area contributed by atoms with Crippen molar-refractivity contribution in [1.29, 1.82) is 0 Å². The monoisotopic (exact) mass is 388 g/mol. The normalized spacial score (nSPS) is 14.6. The molecule has 0 bridgehead atoms. The average molecular weight is 389 g/mol. The SMILES string of the molecule is CC(C)CC(C)(CNC(=O)OC(C)(C)C)NCc1ccc(Br)o1. The molecule has 0 aliphatic heterocycles. The number of carbonyl (C=O) groups excluding carboxylic acids is 1. The number of ether oxygens (including phenoxy) is 1. The van der Waals surface area contributed by atoms with Gasteiger partial charge in [0.2, 0.25) is 0 Å². The van der Waals surface area contributed by atoms with E-state index in [0.29, 0.717) is 23.7 Å². The van der Waals surface area contributed by atoms with Crippen LogP contribution in [0.1, 0.15) is 53.7 Å². The lowest BCUT2D eigenvalue weighted by Gasteiger charge is -2.33. The third-order valence-corrected chi connectivity index (χ3v) is 3.63. The number of amides is 1. The first-order valence-electron chi connectivity index (χ1n) is 7.95. The van der Waals surface area contributed by atoms with Crippen molar-refractivity contribution in [3.05, 3.63) is 22.6 Å². The lowest BCUT2D eigenvalue weighted by atomic mass is 9.90. The summed E-state index contributed by atoms with van der Waals surface area (Å²) in [7, 11) is 0. The van der Waals surface area contributed by atoms with Crippen molar-refractivity contribution in [2.45, 2.75) is 65.6 Å². The van der Waals surface area contributed by atoms with Gasteiger partial charge in [0.25, 0.3) is 0 Å². The highest BCUT2D eigenvalue weighted by Crippen LogP contribution is 2.19. The number of hydrogen-bond donors (Lipinski definition) is 2. The third kappa shape index (κ3) is 8.42. The second kappa shape index (κ2) is 8.20. The minimum Gasteiger partial charge on any atom is -0.453 e. The van der Waals surface area contributed by atoms with Crippen LogP contribution in [-0.4, -0.2) is 23.8 Å². The fourth-order valence-electron chi connectivity index (χ4n) is 2.44. The fraction of sp³-hybridized carbons (Fsp3) is 0.706. The molecule has 1 unspecified atom stereocenters. The van der Waals surface area contributed by atoms with E-state index in [1.54, 1.807) is 0 Å². The van der Waals surface area contributed by atoms with Crippen LogP contribution in [0.25, 0.3) is 0 Å². The summed E-state index contributed by atoms with van der Waals surface area (Å²) in [6, 6.07) is 3.80. The lowest BCUT2D eigenvalue weighted by Crippen LogP contribution is -2.52. The molecule has 5 nitrogen and oxygen atoms in total. The number of carbonyl (C=O) groups is 1. The molecule has 0 fully saturated rings. The molecule has 2 N–H and O–H groups in total. The van der Waals surface area contributed by atoms with Gasteiger partial charge in [-0.3, -0.25) is 0 Å². The molecule has 1 heterocycles. The molecule has 1 amide bonds. The van der Waals surface area contributed by atoms with Crippen molar-refractivity contribution in [1.82, 2.24) is 10.6 Å². The second-order valence-electron chi connectivity index (χ2n) is 7.57. The van der Waals surface area contributed by atoms with Crippen molar-refractivity contribution >= 4 is 22.0 Å². The first-order chi connectivity index (χ1) is 10.5. The minimum absolute atomic E-state index is 0.246. The quantitative estimate of drug-likeness (QED) is 0.723. The van der Waals surface area contributed by atoms with Crippen molar-refractivity contribution < 1.29 is 13.9 Å². The van der Waals surface area contributed by atoms with E-state index in [4.69, 9.17) is 9.15 Å². The van der Waals surface area contributed by atoms with Gasteiger partial charge in [-0.05, 0) is 68.1 Å². The minimum atomic E-state index is -0.494. The Morgan fingerprint density at radius 3 is 2.43 bits per heavy atom. The molecule has 0 aliphatic carbocycles. The largest absolute Gasteiger partial charge is 0.453 e. The van der Waals surface area contributed by atoms with Crippen LogP contribution in [-0.2, 0) is 11.3 Å². The summed E-state index contributed by atoms with van der Waals surface area (Å²) in [5, 5.41) is 6.35. The van der Waals surface area contributed by atoms with Gasteiger partial charge in [0, 0.05) is 12.1 Å². The predicted molar refractivity (Wildman–Crippen MR) is 95.3 cm³/mol. The summed E-state index contributed by atoms with van der Waals surface area (Å²) < 4.78 is 11.5. The van der Waals surface area contributed by atoms with Gasteiger partial charge < -0.3 is 19.8 Å². The molecular formula is C17H29BrN2O3. The first kappa shape index (κ1) is 20.0. The summed E-state index contributed by atoms with van der Waals surface area (Å²) in [6.45, 7) is 13.1. The molecule has 0 spiro atoms. The molecule has 0 aromatic carbocycles. The summed E-state index contributed by atoms with van der Waals surface area (Å²) in [4.78, 5) is 11.9. The second-order valence-corrected chi connectivity index (χ2v) is 8.36. The highest BCUT2D eigenvalue weighted by atomic mass is 79.9. The van der Waals surface area contributed by atoms with Gasteiger partial charge in [-0.25, -0.2) is 4.79 Å². The average Bonchev–Trinajstić information content (AvgIpc) is 2.77. The van der Waals surface area contributed by atoms with Gasteiger partial charge in [0.05, 0.1) is 6.54 Å². The van der Waals surface area contributed by atoms with E-state index >= 15 is 0 Å². The standard InChI is InChI=1S/C17H29BrN2O3/c1-12(2)9-17(6,11-19-15(21)23-16(3,4)5)20-10-13-7-8-14(18)22-13/h7-8,12,20H,9-11H2,1-6H3,(H,19,21). The molecule has 23 heavy (non-hydrogen) atoms. The maximum Gasteiger partial charge on any atom is 0.407 e. The topological polar surface area (TPSA) is 63.5 Å². The molecule has 6 heteroatoms. The van der Waals surface area contributed by atoms with Gasteiger partial charge in [-0.2, -0.15) is 0 Å². The van der Waals surface area contributed by atoms with Crippen LogP contribution in [0.2, 0.25) is 0 Å². The number of hydrogen-bond acceptors (Lipinski definition) is 4. The van der Waals surface area contributed by atoms with E-state index in [2.05, 4.69) is 47.3 Å². The van der Waals surface area contributed by atoms with Gasteiger partial charge in [-0.1, -0.05) is 13.8 Å². The molecule has 132 valence electrons. The smallest absolute Gasteiger partial charge is 0.407 e. The Hall–Kier alpha value is -1.01. The molecular weight excluding hydrogens is 360 g/mol. The Balaban J connectivity index is 2.60. The van der Waals surface area contributed by atoms with E-state index in [9.17, 15) is 4.79 Å². The summed E-state index contributed by atoms with van der Waals surface area (Å²) >= 11 is 3.30. The fourth-order valence-corrected chi connectivity index (χ4v) is 2.78. The zero-order valence-electron chi connectivity index (χ0n) is 15.0. The predicted octanol–water partition coefficient (Wildman–Crippen LogP) is 4.46. The molecule has 0 saturated carbocycles. The Morgan fingerprint density at radius 1 is 1.30 bits per heavy atom. The maximum atomic E-state index is 11.9. The number of nitrogens with one attached hydrogen (secondary N) is 2. The maximum absolute atomic E-state index is 11.9.